The van der Waals surface area contributed by atoms with E-state index in [4.69, 9.17) is 4.74 Å². The predicted molar refractivity (Wildman–Crippen MR) is 110 cm³/mol. The molecule has 0 saturated heterocycles. The van der Waals surface area contributed by atoms with E-state index in [-0.39, 0.29) is 28.7 Å². The number of carbonyl (C=O) groups is 1. The lowest BCUT2D eigenvalue weighted by Crippen LogP contribution is -2.46. The van der Waals surface area contributed by atoms with Gasteiger partial charge in [0.2, 0.25) is 5.88 Å². The zero-order chi connectivity index (χ0) is 21.6. The average molecular weight is 420 g/mol. The molecule has 1 aliphatic rings. The molecule has 1 aromatic carbocycles. The van der Waals surface area contributed by atoms with Crippen LogP contribution in [-0.4, -0.2) is 42.8 Å². The molecule has 2 heterocycles. The summed E-state index contributed by atoms with van der Waals surface area (Å²) in [7, 11) is -3.88. The maximum atomic E-state index is 13.4. The fraction of sp³-hybridized carbons (Fsp3) is 0.400. The van der Waals surface area contributed by atoms with Crippen molar-refractivity contribution in [3.63, 3.8) is 0 Å². The molecule has 0 bridgehead atoms. The summed E-state index contributed by atoms with van der Waals surface area (Å²) in [5, 5.41) is 9.68. The van der Waals surface area contributed by atoms with Gasteiger partial charge in [0.15, 0.2) is 0 Å². The number of hydrogen-bond donors (Lipinski definition) is 1. The van der Waals surface area contributed by atoms with Gasteiger partial charge >= 0.3 is 6.09 Å². The highest BCUT2D eigenvalue weighted by Crippen LogP contribution is 2.39. The predicted octanol–water partition coefficient (Wildman–Crippen LogP) is 3.65. The number of aryl methyl sites for hydroxylation is 1. The first-order valence-electron chi connectivity index (χ1n) is 9.20. The van der Waals surface area contributed by atoms with E-state index in [1.54, 1.807) is 39.8 Å². The monoisotopic (exact) mass is 419 g/mol. The van der Waals surface area contributed by atoms with Crippen molar-refractivity contribution in [1.29, 1.82) is 0 Å². The molecule has 0 saturated carbocycles. The molecule has 0 radical (unpaired) electrons. The van der Waals surface area contributed by atoms with E-state index in [0.717, 1.165) is 10.5 Å². The van der Waals surface area contributed by atoms with Crippen molar-refractivity contribution in [2.75, 3.05) is 15.7 Å². The Labute approximate surface area is 170 Å². The van der Waals surface area contributed by atoms with Gasteiger partial charge in [0.25, 0.3) is 10.0 Å². The SMILES string of the molecule is Cc1cccc(S(=O)(=O)N2C[C@H](C)Oc3ncc(N(C(=O)O)C(C)(C)C)cc32)c1. The Morgan fingerprint density at radius 1 is 1.31 bits per heavy atom. The number of hydrogen-bond acceptors (Lipinski definition) is 5. The minimum absolute atomic E-state index is 0.0942. The average Bonchev–Trinajstić information content (AvgIpc) is 2.59. The van der Waals surface area contributed by atoms with E-state index in [1.165, 1.54) is 22.6 Å². The molecule has 3 rings (SSSR count). The Bertz CT molecular complexity index is 1050. The highest BCUT2D eigenvalue weighted by atomic mass is 32.2. The van der Waals surface area contributed by atoms with Gasteiger partial charge in [-0.3, -0.25) is 9.21 Å². The zero-order valence-corrected chi connectivity index (χ0v) is 17.9. The fourth-order valence-electron chi connectivity index (χ4n) is 3.30. The van der Waals surface area contributed by atoms with Crippen molar-refractivity contribution in [2.45, 2.75) is 51.2 Å². The molecular weight excluding hydrogens is 394 g/mol. The van der Waals surface area contributed by atoms with Crippen molar-refractivity contribution in [1.82, 2.24) is 4.98 Å². The van der Waals surface area contributed by atoms with Gasteiger partial charge in [-0.25, -0.2) is 18.2 Å². The minimum atomic E-state index is -3.88. The lowest BCUT2D eigenvalue weighted by atomic mass is 10.1. The highest BCUT2D eigenvalue weighted by molar-refractivity contribution is 7.92. The number of aromatic nitrogens is 1. The molecule has 1 atom stereocenters. The van der Waals surface area contributed by atoms with Gasteiger partial charge in [-0.2, -0.15) is 0 Å². The Balaban J connectivity index is 2.15. The molecule has 29 heavy (non-hydrogen) atoms. The highest BCUT2D eigenvalue weighted by Gasteiger charge is 2.36. The molecule has 8 nitrogen and oxygen atoms in total. The number of carboxylic acid groups (broad SMARTS) is 1. The summed E-state index contributed by atoms with van der Waals surface area (Å²) < 4.78 is 33.7. The standard InChI is InChI=1S/C20H25N3O5S/c1-13-7-6-8-16(9-13)29(26,27)22-12-14(2)28-18-17(22)10-15(11-21-18)23(19(24)25)20(3,4)5/h6-11,14H,12H2,1-5H3,(H,24,25)/t14-/m0/s1. The Kier molecular flexibility index (Phi) is 5.20. The summed E-state index contributed by atoms with van der Waals surface area (Å²) in [5.74, 6) is 0.156. The first kappa shape index (κ1) is 20.9. The molecule has 1 N–H and O–H groups in total. The second kappa shape index (κ2) is 7.22. The molecule has 0 spiro atoms. The Hall–Kier alpha value is -2.81. The number of ether oxygens (including phenoxy) is 1. The summed E-state index contributed by atoms with van der Waals surface area (Å²) in [4.78, 5) is 17.4. The van der Waals surface area contributed by atoms with Gasteiger partial charge < -0.3 is 9.84 Å². The van der Waals surface area contributed by atoms with Crippen LogP contribution in [0.25, 0.3) is 0 Å². The molecule has 156 valence electrons. The van der Waals surface area contributed by atoms with E-state index < -0.39 is 27.8 Å². The quantitative estimate of drug-likeness (QED) is 0.815. The molecule has 9 heteroatoms. The Morgan fingerprint density at radius 3 is 2.59 bits per heavy atom. The lowest BCUT2D eigenvalue weighted by molar-refractivity contribution is 0.195. The van der Waals surface area contributed by atoms with Crippen LogP contribution in [0, 0.1) is 6.92 Å². The van der Waals surface area contributed by atoms with Crippen LogP contribution >= 0.6 is 0 Å². The summed E-state index contributed by atoms with van der Waals surface area (Å²) in [6.45, 7) is 8.93. The van der Waals surface area contributed by atoms with E-state index in [9.17, 15) is 18.3 Å². The third kappa shape index (κ3) is 4.00. The molecule has 1 aliphatic heterocycles. The van der Waals surface area contributed by atoms with Gasteiger partial charge in [-0.05, 0) is 58.4 Å². The van der Waals surface area contributed by atoms with Crippen LogP contribution in [-0.2, 0) is 10.0 Å². The first-order valence-corrected chi connectivity index (χ1v) is 10.6. The van der Waals surface area contributed by atoms with Crippen LogP contribution in [0.15, 0.2) is 41.4 Å². The van der Waals surface area contributed by atoms with E-state index >= 15 is 0 Å². The number of fused-ring (bicyclic) bond motifs is 1. The summed E-state index contributed by atoms with van der Waals surface area (Å²) in [6.07, 6.45) is -0.177. The van der Waals surface area contributed by atoms with Crippen molar-refractivity contribution in [2.24, 2.45) is 0 Å². The first-order chi connectivity index (χ1) is 13.4. The fourth-order valence-corrected chi connectivity index (χ4v) is 4.93. The molecule has 0 fully saturated rings. The van der Waals surface area contributed by atoms with Crippen molar-refractivity contribution < 1.29 is 23.1 Å². The topological polar surface area (TPSA) is 100 Å². The van der Waals surface area contributed by atoms with Gasteiger partial charge in [0.1, 0.15) is 11.8 Å². The molecule has 1 amide bonds. The van der Waals surface area contributed by atoms with Crippen molar-refractivity contribution in [3.8, 4) is 5.88 Å². The Morgan fingerprint density at radius 2 is 2.00 bits per heavy atom. The van der Waals surface area contributed by atoms with Crippen molar-refractivity contribution >= 4 is 27.5 Å². The van der Waals surface area contributed by atoms with Crippen LogP contribution in [0.5, 0.6) is 5.88 Å². The number of rotatable bonds is 3. The largest absolute Gasteiger partial charge is 0.471 e. The third-order valence-electron chi connectivity index (χ3n) is 4.52. The molecule has 0 aliphatic carbocycles. The smallest absolute Gasteiger partial charge is 0.412 e. The summed E-state index contributed by atoms with van der Waals surface area (Å²) in [5.41, 5.74) is 0.568. The maximum Gasteiger partial charge on any atom is 0.412 e. The molecule has 1 aromatic heterocycles. The van der Waals surface area contributed by atoms with E-state index in [0.29, 0.717) is 0 Å². The van der Waals surface area contributed by atoms with Crippen LogP contribution in [0.2, 0.25) is 0 Å². The van der Waals surface area contributed by atoms with Crippen LogP contribution < -0.4 is 13.9 Å². The minimum Gasteiger partial charge on any atom is -0.471 e. The van der Waals surface area contributed by atoms with Crippen LogP contribution in [0.1, 0.15) is 33.3 Å². The third-order valence-corrected chi connectivity index (χ3v) is 6.30. The molecule has 2 aromatic rings. The lowest BCUT2D eigenvalue weighted by Gasteiger charge is -2.36. The number of amides is 1. The molecule has 0 unspecified atom stereocenters. The number of sulfonamides is 1. The summed E-state index contributed by atoms with van der Waals surface area (Å²) in [6, 6.07) is 8.15. The van der Waals surface area contributed by atoms with E-state index in [1.807, 2.05) is 13.0 Å². The van der Waals surface area contributed by atoms with Crippen LogP contribution in [0.3, 0.4) is 0 Å². The maximum absolute atomic E-state index is 13.4. The summed E-state index contributed by atoms with van der Waals surface area (Å²) >= 11 is 0. The normalized spacial score (nSPS) is 16.7. The number of nitrogens with zero attached hydrogens (tertiary/aromatic N) is 3. The van der Waals surface area contributed by atoms with Gasteiger partial charge in [0.05, 0.1) is 23.3 Å². The van der Waals surface area contributed by atoms with Gasteiger partial charge in [-0.15, -0.1) is 0 Å². The van der Waals surface area contributed by atoms with Crippen molar-refractivity contribution in [3.05, 3.63) is 42.1 Å². The van der Waals surface area contributed by atoms with E-state index in [2.05, 4.69) is 4.98 Å². The van der Waals surface area contributed by atoms with Crippen LogP contribution in [0.4, 0.5) is 16.2 Å². The van der Waals surface area contributed by atoms with Gasteiger partial charge in [-0.1, -0.05) is 12.1 Å². The number of benzene rings is 1. The number of anilines is 2. The van der Waals surface area contributed by atoms with Gasteiger partial charge in [0, 0.05) is 5.54 Å². The zero-order valence-electron chi connectivity index (χ0n) is 17.1. The number of pyridine rings is 1. The second-order valence-electron chi connectivity index (χ2n) is 8.09. The second-order valence-corrected chi connectivity index (χ2v) is 9.95. The molecular formula is C20H25N3O5S.